The second kappa shape index (κ2) is 16.4. The van der Waals surface area contributed by atoms with Crippen LogP contribution in [0.1, 0.15) is 22.3 Å². The molecule has 0 saturated heterocycles. The molecule has 0 saturated carbocycles. The smallest absolute Gasteiger partial charge is 0.310 e. The molecule has 0 bridgehead atoms. The Morgan fingerprint density at radius 2 is 0.638 bits per heavy atom. The van der Waals surface area contributed by atoms with Crippen LogP contribution in [0, 0.1) is 0 Å². The summed E-state index contributed by atoms with van der Waals surface area (Å²) in [4.78, 5) is 3.11. The first-order chi connectivity index (χ1) is 32.7. The van der Waals surface area contributed by atoms with Crippen LogP contribution in [0.5, 0.6) is 0 Å². The zero-order chi connectivity index (χ0) is 48.6. The summed E-state index contributed by atoms with van der Waals surface area (Å²) in [5, 5.41) is 4.71. The van der Waals surface area contributed by atoms with Crippen LogP contribution < -0.4 is 9.80 Å². The summed E-state index contributed by atoms with van der Waals surface area (Å²) < 4.78 is 166. The first-order valence-corrected chi connectivity index (χ1v) is 21.0. The topological polar surface area (TPSA) is 11.4 Å². The zero-order valence-electron chi connectivity index (χ0n) is 35.3. The quantitative estimate of drug-likeness (QED) is 0.148. The Kier molecular flexibility index (Phi) is 10.7. The molecule has 0 amide bonds. The van der Waals surface area contributed by atoms with Gasteiger partial charge in [0.1, 0.15) is 0 Å². The fourth-order valence-electron chi connectivity index (χ4n) is 8.70. The summed E-state index contributed by atoms with van der Waals surface area (Å²) in [5.41, 5.74) is 0.122. The lowest BCUT2D eigenvalue weighted by Crippen LogP contribution is -2.12. The summed E-state index contributed by atoms with van der Waals surface area (Å²) >= 11 is 0. The fourth-order valence-corrected chi connectivity index (χ4v) is 8.70. The number of hydrogen-bond acceptors (Lipinski definition) is 2. The molecule has 3 nitrogen and oxygen atoms in total. The lowest BCUT2D eigenvalue weighted by molar-refractivity contribution is -0.138. The van der Waals surface area contributed by atoms with Crippen molar-refractivity contribution in [2.45, 2.75) is 24.7 Å². The van der Waals surface area contributed by atoms with E-state index in [1.165, 1.54) is 48.5 Å². The molecule has 1 aromatic heterocycles. The van der Waals surface area contributed by atoms with Crippen molar-refractivity contribution in [3.8, 4) is 5.69 Å². The molecule has 15 heteroatoms. The molecule has 0 unspecified atom stereocenters. The van der Waals surface area contributed by atoms with Crippen molar-refractivity contribution in [3.05, 3.63) is 210 Å². The van der Waals surface area contributed by atoms with E-state index in [9.17, 15) is 52.7 Å². The molecule has 1 heterocycles. The Hall–Kier alpha value is -7.94. The van der Waals surface area contributed by atoms with E-state index in [0.717, 1.165) is 75.5 Å². The summed E-state index contributed by atoms with van der Waals surface area (Å²) in [6.45, 7) is 0. The number of rotatable bonds is 7. The van der Waals surface area contributed by atoms with Crippen molar-refractivity contribution in [2.24, 2.45) is 0 Å². The Morgan fingerprint density at radius 3 is 1.09 bits per heavy atom. The van der Waals surface area contributed by atoms with Crippen molar-refractivity contribution < 1.29 is 52.7 Å². The van der Waals surface area contributed by atoms with Crippen LogP contribution >= 0.6 is 0 Å². The Balaban J connectivity index is 1.19. The lowest BCUT2D eigenvalue weighted by Gasteiger charge is -2.26. The van der Waals surface area contributed by atoms with Crippen LogP contribution in [0.2, 0.25) is 0 Å². The van der Waals surface area contributed by atoms with Gasteiger partial charge >= 0.3 is 24.7 Å². The molecule has 0 atom stereocenters. The van der Waals surface area contributed by atoms with Crippen LogP contribution in [0.25, 0.3) is 49.0 Å². The SMILES string of the molecule is FC(F)(F)c1ccc(N(c2ccc(C(F)(F)F)cc2)c2ccc3cc4c5ccc(N(c6ccc(C(F)(F)F)cc6)c6ccc(C(F)(F)F)cc6)cc5n(-c5ccc6ccccc6c5)c4cc3c2)cc1. The van der Waals surface area contributed by atoms with Gasteiger partial charge in [-0.1, -0.05) is 42.5 Å². The number of benzene rings is 9. The van der Waals surface area contributed by atoms with Crippen molar-refractivity contribution in [2.75, 3.05) is 9.80 Å². The van der Waals surface area contributed by atoms with Gasteiger partial charge in [-0.15, -0.1) is 0 Å². The zero-order valence-corrected chi connectivity index (χ0v) is 35.3. The average molecular weight is 950 g/mol. The van der Waals surface area contributed by atoms with Crippen LogP contribution in [-0.2, 0) is 24.7 Å². The number of anilines is 6. The number of alkyl halides is 12. The average Bonchev–Trinajstić information content (AvgIpc) is 3.62. The molecule has 0 N–H and O–H groups in total. The third kappa shape index (κ3) is 8.53. The summed E-state index contributed by atoms with van der Waals surface area (Å²) in [5.74, 6) is 0. The summed E-state index contributed by atoms with van der Waals surface area (Å²) in [7, 11) is 0. The van der Waals surface area contributed by atoms with Crippen molar-refractivity contribution in [3.63, 3.8) is 0 Å². The highest BCUT2D eigenvalue weighted by Crippen LogP contribution is 2.45. The van der Waals surface area contributed by atoms with E-state index in [-0.39, 0.29) is 22.7 Å². The van der Waals surface area contributed by atoms with Gasteiger partial charge in [0, 0.05) is 50.6 Å². The number of hydrogen-bond donors (Lipinski definition) is 0. The largest absolute Gasteiger partial charge is 0.416 e. The number of aromatic nitrogens is 1. The molecule has 10 rings (SSSR count). The molecule has 0 aliphatic rings. The van der Waals surface area contributed by atoms with Crippen LogP contribution in [0.15, 0.2) is 188 Å². The summed E-state index contributed by atoms with van der Waals surface area (Å²) in [6.07, 6.45) is -18.6. The number of fused-ring (bicyclic) bond motifs is 5. The molecule has 0 fully saturated rings. The van der Waals surface area contributed by atoms with Gasteiger partial charge in [0.15, 0.2) is 0 Å². The third-order valence-corrected chi connectivity index (χ3v) is 12.0. The van der Waals surface area contributed by atoms with Gasteiger partial charge in [0.05, 0.1) is 33.3 Å². The van der Waals surface area contributed by atoms with Crippen LogP contribution in [0.3, 0.4) is 0 Å². The minimum absolute atomic E-state index is 0.236. The van der Waals surface area contributed by atoms with E-state index < -0.39 is 47.0 Å². The molecule has 0 aliphatic heterocycles. The number of nitrogens with zero attached hydrogens (tertiary/aromatic N) is 3. The predicted molar refractivity (Wildman–Crippen MR) is 245 cm³/mol. The van der Waals surface area contributed by atoms with Gasteiger partial charge in [-0.25, -0.2) is 0 Å². The van der Waals surface area contributed by atoms with Gasteiger partial charge in [0.25, 0.3) is 0 Å². The van der Waals surface area contributed by atoms with E-state index >= 15 is 0 Å². The summed E-state index contributed by atoms with van der Waals surface area (Å²) in [6, 6.07) is 45.0. The maximum Gasteiger partial charge on any atom is 0.416 e. The second-order valence-corrected chi connectivity index (χ2v) is 16.3. The van der Waals surface area contributed by atoms with E-state index in [4.69, 9.17) is 0 Å². The molecule has 0 aliphatic carbocycles. The van der Waals surface area contributed by atoms with Gasteiger partial charge in [-0.2, -0.15) is 52.7 Å². The lowest BCUT2D eigenvalue weighted by atomic mass is 10.0. The minimum atomic E-state index is -4.65. The van der Waals surface area contributed by atoms with Crippen molar-refractivity contribution in [1.82, 2.24) is 4.57 Å². The first kappa shape index (κ1) is 44.9. The van der Waals surface area contributed by atoms with Crippen LogP contribution in [0.4, 0.5) is 86.8 Å². The van der Waals surface area contributed by atoms with Gasteiger partial charge in [-0.05, 0) is 167 Å². The third-order valence-electron chi connectivity index (χ3n) is 12.0. The molecular weight excluding hydrogens is 919 g/mol. The standard InChI is InChI=1S/C54H31F12N3/c55-51(56,57)36-7-17-40(18-8-36)67(41-19-9-37(10-20-41)52(58,59)60)44-16-6-34-29-48-47-26-25-46(31-50(47)69(49(48)30-35(34)28-44)45-15-5-32-3-1-2-4-33(32)27-45)68(42-21-11-38(12-22-42)53(61,62)63)43-23-13-39(14-24-43)54(64,65)66/h1-31H. The Bertz CT molecular complexity index is 3420. The van der Waals surface area contributed by atoms with E-state index in [1.807, 2.05) is 65.2 Å². The Morgan fingerprint density at radius 1 is 0.275 bits per heavy atom. The highest BCUT2D eigenvalue weighted by Gasteiger charge is 2.34. The molecule has 346 valence electrons. The normalized spacial score (nSPS) is 12.6. The molecule has 69 heavy (non-hydrogen) atoms. The van der Waals surface area contributed by atoms with Gasteiger partial charge in [0.2, 0.25) is 0 Å². The number of halogens is 12. The molecule has 0 spiro atoms. The van der Waals surface area contributed by atoms with Gasteiger partial charge < -0.3 is 14.4 Å². The monoisotopic (exact) mass is 949 g/mol. The van der Waals surface area contributed by atoms with Crippen LogP contribution in [-0.4, -0.2) is 4.57 Å². The molecule has 10 aromatic rings. The molecular formula is C54H31F12N3. The van der Waals surface area contributed by atoms with E-state index in [1.54, 1.807) is 40.1 Å². The fraction of sp³-hybridized carbons (Fsp3) is 0.0741. The highest BCUT2D eigenvalue weighted by molar-refractivity contribution is 6.15. The van der Waals surface area contributed by atoms with Crippen molar-refractivity contribution in [1.29, 1.82) is 0 Å². The maximum atomic E-state index is 13.7. The first-order valence-electron chi connectivity index (χ1n) is 21.0. The molecule has 9 aromatic carbocycles. The maximum absolute atomic E-state index is 13.7. The van der Waals surface area contributed by atoms with E-state index in [0.29, 0.717) is 33.5 Å². The van der Waals surface area contributed by atoms with Crippen molar-refractivity contribution >= 4 is 77.5 Å². The Labute approximate surface area is 384 Å². The van der Waals surface area contributed by atoms with E-state index in [2.05, 4.69) is 0 Å². The van der Waals surface area contributed by atoms with Gasteiger partial charge in [-0.3, -0.25) is 0 Å². The highest BCUT2D eigenvalue weighted by atomic mass is 19.4. The second-order valence-electron chi connectivity index (χ2n) is 16.3. The molecule has 0 radical (unpaired) electrons. The predicted octanol–water partition coefficient (Wildman–Crippen LogP) is 18.1. The minimum Gasteiger partial charge on any atom is -0.310 e.